The van der Waals surface area contributed by atoms with Gasteiger partial charge in [-0.1, -0.05) is 51.8 Å². The molecule has 0 N–H and O–H groups in total. The fraction of sp³-hybridized carbons (Fsp3) is 0.900. The number of carbonyl (C=O) groups excluding carboxylic acids is 1. The molecule has 0 aliphatic carbocycles. The van der Waals surface area contributed by atoms with Gasteiger partial charge in [-0.05, 0) is 11.7 Å². The normalized spacial score (nSPS) is 12.9. The molecule has 72 valence electrons. The highest BCUT2D eigenvalue weighted by molar-refractivity contribution is 8.13. The molecule has 2 heteroatoms. The molecule has 0 aromatic rings. The Morgan fingerprint density at radius 2 is 2.08 bits per heavy atom. The number of rotatable bonds is 6. The minimum absolute atomic E-state index is 0.362. The van der Waals surface area contributed by atoms with Gasteiger partial charge in [-0.2, -0.15) is 0 Å². The standard InChI is InChI=1S/C10H20OS/c1-4-6-7-9(3)8-10(11)12-5-2/h9H,4-8H2,1-3H3/t9-/m1/s1. The van der Waals surface area contributed by atoms with Crippen LogP contribution in [0.15, 0.2) is 0 Å². The Bertz CT molecular complexity index is 123. The summed E-state index contributed by atoms with van der Waals surface area (Å²) in [6, 6.07) is 0. The van der Waals surface area contributed by atoms with Gasteiger partial charge >= 0.3 is 0 Å². The van der Waals surface area contributed by atoms with E-state index in [1.54, 1.807) is 0 Å². The zero-order valence-electron chi connectivity index (χ0n) is 8.43. The van der Waals surface area contributed by atoms with Crippen molar-refractivity contribution >= 4 is 16.9 Å². The Morgan fingerprint density at radius 1 is 1.42 bits per heavy atom. The van der Waals surface area contributed by atoms with E-state index in [1.165, 1.54) is 31.0 Å². The maximum absolute atomic E-state index is 11.2. The summed E-state index contributed by atoms with van der Waals surface area (Å²) in [4.78, 5) is 11.2. The average molecular weight is 188 g/mol. The molecule has 12 heavy (non-hydrogen) atoms. The summed E-state index contributed by atoms with van der Waals surface area (Å²) in [6.45, 7) is 6.39. The van der Waals surface area contributed by atoms with Gasteiger partial charge in [-0.15, -0.1) is 0 Å². The van der Waals surface area contributed by atoms with Crippen molar-refractivity contribution in [2.45, 2.75) is 46.5 Å². The first-order valence-corrected chi connectivity index (χ1v) is 5.84. The predicted octanol–water partition coefficient (Wildman–Crippen LogP) is 3.48. The van der Waals surface area contributed by atoms with E-state index in [0.717, 1.165) is 12.2 Å². The van der Waals surface area contributed by atoms with Gasteiger partial charge in [0.2, 0.25) is 0 Å². The highest BCUT2D eigenvalue weighted by Gasteiger charge is 2.07. The van der Waals surface area contributed by atoms with Crippen molar-refractivity contribution in [3.63, 3.8) is 0 Å². The molecule has 0 aliphatic rings. The summed E-state index contributed by atoms with van der Waals surface area (Å²) in [5.41, 5.74) is 0. The van der Waals surface area contributed by atoms with Crippen molar-refractivity contribution < 1.29 is 4.79 Å². The molecule has 0 spiro atoms. The number of hydrogen-bond donors (Lipinski definition) is 0. The van der Waals surface area contributed by atoms with Crippen molar-refractivity contribution in [1.29, 1.82) is 0 Å². The van der Waals surface area contributed by atoms with E-state index < -0.39 is 0 Å². The first-order valence-electron chi connectivity index (χ1n) is 4.86. The number of hydrogen-bond acceptors (Lipinski definition) is 2. The fourth-order valence-corrected chi connectivity index (χ4v) is 1.88. The van der Waals surface area contributed by atoms with Gasteiger partial charge in [0, 0.05) is 6.42 Å². The molecule has 0 bridgehead atoms. The third-order valence-electron chi connectivity index (χ3n) is 1.87. The molecule has 0 saturated carbocycles. The molecule has 0 aromatic heterocycles. The van der Waals surface area contributed by atoms with E-state index in [2.05, 4.69) is 13.8 Å². The lowest BCUT2D eigenvalue weighted by molar-refractivity contribution is -0.111. The van der Waals surface area contributed by atoms with Crippen molar-refractivity contribution in [2.75, 3.05) is 5.75 Å². The van der Waals surface area contributed by atoms with Gasteiger partial charge in [0.15, 0.2) is 5.12 Å². The van der Waals surface area contributed by atoms with Crippen molar-refractivity contribution in [3.8, 4) is 0 Å². The van der Waals surface area contributed by atoms with E-state index >= 15 is 0 Å². The second-order valence-electron chi connectivity index (χ2n) is 3.26. The third-order valence-corrected chi connectivity index (χ3v) is 2.65. The van der Waals surface area contributed by atoms with Gasteiger partial charge in [-0.3, -0.25) is 4.79 Å². The predicted molar refractivity (Wildman–Crippen MR) is 56.4 cm³/mol. The monoisotopic (exact) mass is 188 g/mol. The Hall–Kier alpha value is 0.0200. The quantitative estimate of drug-likeness (QED) is 0.635. The smallest absolute Gasteiger partial charge is 0.189 e. The SMILES string of the molecule is CCCC[C@@H](C)CC(=O)SCC. The molecule has 0 rings (SSSR count). The third kappa shape index (κ3) is 6.71. The molecule has 0 aromatic carbocycles. The van der Waals surface area contributed by atoms with Crippen LogP contribution in [0.3, 0.4) is 0 Å². The van der Waals surface area contributed by atoms with Gasteiger partial charge in [0.25, 0.3) is 0 Å². The zero-order valence-corrected chi connectivity index (χ0v) is 9.25. The molecular weight excluding hydrogens is 168 g/mol. The van der Waals surface area contributed by atoms with Crippen LogP contribution in [0.1, 0.15) is 46.5 Å². The Labute approximate surface area is 80.3 Å². The van der Waals surface area contributed by atoms with Gasteiger partial charge in [0.05, 0.1) is 0 Å². The second-order valence-corrected chi connectivity index (χ2v) is 4.58. The largest absolute Gasteiger partial charge is 0.287 e. The number of carbonyl (C=O) groups is 1. The van der Waals surface area contributed by atoms with Crippen LogP contribution in [0.4, 0.5) is 0 Å². The van der Waals surface area contributed by atoms with Crippen LogP contribution >= 0.6 is 11.8 Å². The minimum atomic E-state index is 0.362. The van der Waals surface area contributed by atoms with Crippen LogP contribution in [0.5, 0.6) is 0 Å². The second kappa shape index (κ2) is 7.66. The summed E-state index contributed by atoms with van der Waals surface area (Å²) in [6.07, 6.45) is 4.45. The molecule has 1 nitrogen and oxygen atoms in total. The molecule has 0 saturated heterocycles. The highest BCUT2D eigenvalue weighted by atomic mass is 32.2. The molecule has 0 aliphatic heterocycles. The first kappa shape index (κ1) is 12.0. The summed E-state index contributed by atoms with van der Waals surface area (Å²) in [5.74, 6) is 1.50. The Balaban J connectivity index is 3.40. The first-order chi connectivity index (χ1) is 5.70. The van der Waals surface area contributed by atoms with Gasteiger partial charge in [0.1, 0.15) is 0 Å². The highest BCUT2D eigenvalue weighted by Crippen LogP contribution is 2.16. The number of unbranched alkanes of at least 4 members (excludes halogenated alkanes) is 1. The number of thioether (sulfide) groups is 1. The summed E-state index contributed by atoms with van der Waals surface area (Å²) < 4.78 is 0. The van der Waals surface area contributed by atoms with Crippen LogP contribution in [-0.2, 0) is 4.79 Å². The zero-order chi connectivity index (χ0) is 9.40. The summed E-state index contributed by atoms with van der Waals surface area (Å²) in [5, 5.41) is 0.362. The summed E-state index contributed by atoms with van der Waals surface area (Å²) in [7, 11) is 0. The lowest BCUT2D eigenvalue weighted by Crippen LogP contribution is -2.02. The van der Waals surface area contributed by atoms with E-state index in [-0.39, 0.29) is 0 Å². The van der Waals surface area contributed by atoms with Crippen LogP contribution < -0.4 is 0 Å². The summed E-state index contributed by atoms with van der Waals surface area (Å²) >= 11 is 1.45. The average Bonchev–Trinajstić information content (AvgIpc) is 2.01. The lowest BCUT2D eigenvalue weighted by Gasteiger charge is -2.08. The van der Waals surface area contributed by atoms with E-state index in [1.807, 2.05) is 6.92 Å². The van der Waals surface area contributed by atoms with E-state index in [4.69, 9.17) is 0 Å². The van der Waals surface area contributed by atoms with Crippen LogP contribution in [0.2, 0.25) is 0 Å². The van der Waals surface area contributed by atoms with E-state index in [0.29, 0.717) is 11.0 Å². The Kier molecular flexibility index (Phi) is 7.67. The van der Waals surface area contributed by atoms with Crippen LogP contribution in [-0.4, -0.2) is 10.9 Å². The molecule has 1 atom stereocenters. The molecule has 0 radical (unpaired) electrons. The lowest BCUT2D eigenvalue weighted by atomic mass is 10.0. The molecule has 0 fully saturated rings. The minimum Gasteiger partial charge on any atom is -0.287 e. The topological polar surface area (TPSA) is 17.1 Å². The van der Waals surface area contributed by atoms with E-state index in [9.17, 15) is 4.79 Å². The maximum atomic E-state index is 11.2. The molecular formula is C10H20OS. The van der Waals surface area contributed by atoms with Crippen molar-refractivity contribution in [2.24, 2.45) is 5.92 Å². The van der Waals surface area contributed by atoms with Crippen molar-refractivity contribution in [3.05, 3.63) is 0 Å². The Morgan fingerprint density at radius 3 is 2.58 bits per heavy atom. The van der Waals surface area contributed by atoms with Crippen LogP contribution in [0, 0.1) is 5.92 Å². The van der Waals surface area contributed by atoms with Crippen LogP contribution in [0.25, 0.3) is 0 Å². The maximum Gasteiger partial charge on any atom is 0.189 e. The molecule has 0 amide bonds. The molecule has 0 heterocycles. The van der Waals surface area contributed by atoms with Gasteiger partial charge < -0.3 is 0 Å². The fourth-order valence-electron chi connectivity index (χ4n) is 1.16. The van der Waals surface area contributed by atoms with Gasteiger partial charge in [-0.25, -0.2) is 0 Å². The molecule has 0 unspecified atom stereocenters. The van der Waals surface area contributed by atoms with Crippen molar-refractivity contribution in [1.82, 2.24) is 0 Å².